The molecule has 0 aromatic carbocycles. The predicted octanol–water partition coefficient (Wildman–Crippen LogP) is 0.861. The highest BCUT2D eigenvalue weighted by Gasteiger charge is 2.15. The molecule has 0 amide bonds. The SMILES string of the molecule is Cc1nn(C)c(N(C)C)c1N(C)C. The topological polar surface area (TPSA) is 24.3 Å². The molecule has 1 rings (SSSR count). The second kappa shape index (κ2) is 3.28. The van der Waals surface area contributed by atoms with Crippen LogP contribution in [0.25, 0.3) is 0 Å². The summed E-state index contributed by atoms with van der Waals surface area (Å²) >= 11 is 0. The van der Waals surface area contributed by atoms with Gasteiger partial charge in [0, 0.05) is 35.2 Å². The van der Waals surface area contributed by atoms with E-state index >= 15 is 0 Å². The molecule has 0 bridgehead atoms. The Labute approximate surface area is 79.7 Å². The van der Waals surface area contributed by atoms with Gasteiger partial charge in [0.1, 0.15) is 11.5 Å². The van der Waals surface area contributed by atoms with Crippen LogP contribution < -0.4 is 9.80 Å². The molecular weight excluding hydrogens is 164 g/mol. The van der Waals surface area contributed by atoms with Gasteiger partial charge < -0.3 is 9.80 Å². The minimum absolute atomic E-state index is 1.07. The average Bonchev–Trinajstić information content (AvgIpc) is 2.24. The molecule has 4 nitrogen and oxygen atoms in total. The van der Waals surface area contributed by atoms with E-state index in [0.717, 1.165) is 11.5 Å². The third-order valence-electron chi connectivity index (χ3n) is 2.03. The summed E-state index contributed by atoms with van der Waals surface area (Å²) in [6.07, 6.45) is 0. The van der Waals surface area contributed by atoms with Crippen molar-refractivity contribution in [2.24, 2.45) is 7.05 Å². The van der Waals surface area contributed by atoms with Crippen molar-refractivity contribution in [1.82, 2.24) is 9.78 Å². The molecule has 0 fully saturated rings. The Kier molecular flexibility index (Phi) is 2.50. The maximum absolute atomic E-state index is 4.39. The van der Waals surface area contributed by atoms with E-state index < -0.39 is 0 Å². The number of anilines is 2. The molecule has 0 aliphatic carbocycles. The second-order valence-corrected chi connectivity index (χ2v) is 3.67. The van der Waals surface area contributed by atoms with Crippen molar-refractivity contribution >= 4 is 11.5 Å². The summed E-state index contributed by atoms with van der Waals surface area (Å²) in [7, 11) is 10.1. The smallest absolute Gasteiger partial charge is 0.150 e. The van der Waals surface area contributed by atoms with Gasteiger partial charge in [0.25, 0.3) is 0 Å². The van der Waals surface area contributed by atoms with Gasteiger partial charge in [-0.1, -0.05) is 0 Å². The molecule has 0 saturated carbocycles. The van der Waals surface area contributed by atoms with Crippen molar-refractivity contribution < 1.29 is 0 Å². The number of rotatable bonds is 2. The van der Waals surface area contributed by atoms with Crippen LogP contribution in [0.4, 0.5) is 11.5 Å². The minimum atomic E-state index is 1.07. The van der Waals surface area contributed by atoms with Gasteiger partial charge >= 0.3 is 0 Å². The fourth-order valence-electron chi connectivity index (χ4n) is 1.66. The normalized spacial score (nSPS) is 10.3. The molecule has 0 saturated heterocycles. The van der Waals surface area contributed by atoms with Crippen molar-refractivity contribution in [3.05, 3.63) is 5.69 Å². The zero-order valence-electron chi connectivity index (χ0n) is 9.29. The van der Waals surface area contributed by atoms with E-state index in [1.807, 2.05) is 46.8 Å². The van der Waals surface area contributed by atoms with Crippen molar-refractivity contribution in [1.29, 1.82) is 0 Å². The molecule has 74 valence electrons. The van der Waals surface area contributed by atoms with Crippen LogP contribution in [0, 0.1) is 6.92 Å². The monoisotopic (exact) mass is 182 g/mol. The van der Waals surface area contributed by atoms with Crippen LogP contribution >= 0.6 is 0 Å². The highest BCUT2D eigenvalue weighted by Crippen LogP contribution is 2.29. The fourth-order valence-corrected chi connectivity index (χ4v) is 1.66. The number of nitrogens with zero attached hydrogens (tertiary/aromatic N) is 4. The first kappa shape index (κ1) is 9.89. The quantitative estimate of drug-likeness (QED) is 0.678. The fraction of sp³-hybridized carbons (Fsp3) is 0.667. The molecular formula is C9H18N4. The van der Waals surface area contributed by atoms with Crippen molar-refractivity contribution in [3.8, 4) is 0 Å². The molecule has 0 aliphatic heterocycles. The van der Waals surface area contributed by atoms with Gasteiger partial charge in [-0.2, -0.15) is 5.10 Å². The van der Waals surface area contributed by atoms with Gasteiger partial charge in [-0.25, -0.2) is 0 Å². The van der Waals surface area contributed by atoms with E-state index in [2.05, 4.69) is 14.9 Å². The van der Waals surface area contributed by atoms with Crippen LogP contribution in [0.1, 0.15) is 5.69 Å². The maximum atomic E-state index is 4.39. The van der Waals surface area contributed by atoms with Crippen LogP contribution in [-0.4, -0.2) is 38.0 Å². The summed E-state index contributed by atoms with van der Waals surface area (Å²) in [4.78, 5) is 4.17. The number of aromatic nitrogens is 2. The van der Waals surface area contributed by atoms with Crippen LogP contribution in [0.2, 0.25) is 0 Å². The van der Waals surface area contributed by atoms with Gasteiger partial charge in [0.2, 0.25) is 0 Å². The molecule has 13 heavy (non-hydrogen) atoms. The molecule has 0 spiro atoms. The summed E-state index contributed by atoms with van der Waals surface area (Å²) in [5.74, 6) is 1.14. The molecule has 0 N–H and O–H groups in total. The van der Waals surface area contributed by atoms with Crippen molar-refractivity contribution in [3.63, 3.8) is 0 Å². The molecule has 1 heterocycles. The Morgan fingerprint density at radius 1 is 1.08 bits per heavy atom. The zero-order chi connectivity index (χ0) is 10.2. The van der Waals surface area contributed by atoms with Gasteiger partial charge in [-0.05, 0) is 6.92 Å². The third-order valence-corrected chi connectivity index (χ3v) is 2.03. The summed E-state index contributed by atoms with van der Waals surface area (Å²) in [6.45, 7) is 2.03. The average molecular weight is 182 g/mol. The lowest BCUT2D eigenvalue weighted by atomic mass is 10.3. The lowest BCUT2D eigenvalue weighted by Gasteiger charge is -2.19. The van der Waals surface area contributed by atoms with E-state index in [1.165, 1.54) is 5.69 Å². The standard InChI is InChI=1S/C9H18N4/c1-7-8(11(2)3)9(12(4)5)13(6)10-7/h1-6H3. The summed E-state index contributed by atoms with van der Waals surface area (Å²) < 4.78 is 1.91. The summed E-state index contributed by atoms with van der Waals surface area (Å²) in [5, 5.41) is 4.39. The van der Waals surface area contributed by atoms with Gasteiger partial charge in [0.15, 0.2) is 0 Å². The maximum Gasteiger partial charge on any atom is 0.150 e. The number of hydrogen-bond acceptors (Lipinski definition) is 3. The molecule has 0 aliphatic rings. The minimum Gasteiger partial charge on any atom is -0.373 e. The summed E-state index contributed by atoms with van der Waals surface area (Å²) in [6, 6.07) is 0. The first-order valence-corrected chi connectivity index (χ1v) is 4.33. The number of hydrogen-bond donors (Lipinski definition) is 0. The number of aryl methyl sites for hydroxylation is 2. The predicted molar refractivity (Wildman–Crippen MR) is 56.6 cm³/mol. The lowest BCUT2D eigenvalue weighted by Crippen LogP contribution is -2.18. The first-order valence-electron chi connectivity index (χ1n) is 4.33. The Hall–Kier alpha value is -1.19. The van der Waals surface area contributed by atoms with E-state index in [9.17, 15) is 0 Å². The molecule has 1 aromatic heterocycles. The third kappa shape index (κ3) is 1.61. The lowest BCUT2D eigenvalue weighted by molar-refractivity contribution is 0.745. The van der Waals surface area contributed by atoms with E-state index in [-0.39, 0.29) is 0 Å². The van der Waals surface area contributed by atoms with Crippen LogP contribution in [0.3, 0.4) is 0 Å². The molecule has 4 heteroatoms. The summed E-state index contributed by atoms with van der Waals surface area (Å²) in [5.41, 5.74) is 2.25. The van der Waals surface area contributed by atoms with Crippen LogP contribution in [0.15, 0.2) is 0 Å². The Balaban J connectivity index is 3.29. The highest BCUT2D eigenvalue weighted by molar-refractivity contribution is 5.69. The molecule has 1 aromatic rings. The van der Waals surface area contributed by atoms with Crippen LogP contribution in [-0.2, 0) is 7.05 Å². The van der Waals surface area contributed by atoms with Crippen molar-refractivity contribution in [2.45, 2.75) is 6.92 Å². The van der Waals surface area contributed by atoms with Crippen LogP contribution in [0.5, 0.6) is 0 Å². The van der Waals surface area contributed by atoms with E-state index in [0.29, 0.717) is 0 Å². The Bertz CT molecular complexity index is 270. The highest BCUT2D eigenvalue weighted by atomic mass is 15.4. The second-order valence-electron chi connectivity index (χ2n) is 3.67. The largest absolute Gasteiger partial charge is 0.373 e. The van der Waals surface area contributed by atoms with E-state index in [1.54, 1.807) is 0 Å². The molecule has 0 unspecified atom stereocenters. The van der Waals surface area contributed by atoms with Gasteiger partial charge in [0.05, 0.1) is 5.69 Å². The Morgan fingerprint density at radius 2 is 1.62 bits per heavy atom. The van der Waals surface area contributed by atoms with Gasteiger partial charge in [-0.15, -0.1) is 0 Å². The first-order chi connectivity index (χ1) is 5.95. The van der Waals surface area contributed by atoms with E-state index in [4.69, 9.17) is 0 Å². The zero-order valence-corrected chi connectivity index (χ0v) is 9.29. The van der Waals surface area contributed by atoms with Crippen molar-refractivity contribution in [2.75, 3.05) is 38.0 Å². The molecule has 0 radical (unpaired) electrons. The molecule has 0 atom stereocenters. The van der Waals surface area contributed by atoms with Gasteiger partial charge in [-0.3, -0.25) is 4.68 Å². The Morgan fingerprint density at radius 3 is 1.92 bits per heavy atom.